The van der Waals surface area contributed by atoms with E-state index in [1.54, 1.807) is 0 Å². The highest BCUT2D eigenvalue weighted by Gasteiger charge is 2.26. The second-order valence-corrected chi connectivity index (χ2v) is 5.13. The van der Waals surface area contributed by atoms with Crippen LogP contribution in [0.2, 0.25) is 0 Å². The fraction of sp³-hybridized carbons (Fsp3) is 1.00. The summed E-state index contributed by atoms with van der Waals surface area (Å²) in [5, 5.41) is 13.0. The topological polar surface area (TPSA) is 41.5 Å². The predicted octanol–water partition coefficient (Wildman–Crippen LogP) is 1.55. The summed E-state index contributed by atoms with van der Waals surface area (Å²) in [5.41, 5.74) is -0.552. The normalized spacial score (nSPS) is 27.2. The van der Waals surface area contributed by atoms with Crippen molar-refractivity contribution in [2.75, 3.05) is 19.7 Å². The smallest absolute Gasteiger partial charge is 0.0613 e. The van der Waals surface area contributed by atoms with Crippen molar-refractivity contribution in [1.82, 2.24) is 5.32 Å². The summed E-state index contributed by atoms with van der Waals surface area (Å²) >= 11 is 0. The molecule has 0 aromatic carbocycles. The molecule has 1 heterocycles. The molecule has 0 bridgehead atoms. The second-order valence-electron chi connectivity index (χ2n) is 5.13. The lowest BCUT2D eigenvalue weighted by atomic mass is 9.99. The van der Waals surface area contributed by atoms with E-state index in [2.05, 4.69) is 12.2 Å². The molecule has 90 valence electrons. The fourth-order valence-electron chi connectivity index (χ4n) is 2.06. The van der Waals surface area contributed by atoms with Crippen molar-refractivity contribution in [2.45, 2.75) is 51.7 Å². The van der Waals surface area contributed by atoms with Crippen LogP contribution in [0.1, 0.15) is 40.0 Å². The molecule has 2 unspecified atom stereocenters. The Morgan fingerprint density at radius 2 is 2.20 bits per heavy atom. The summed E-state index contributed by atoms with van der Waals surface area (Å²) in [6.45, 7) is 8.70. The molecule has 0 aromatic heterocycles. The molecule has 3 heteroatoms. The molecule has 0 aromatic rings. The lowest BCUT2D eigenvalue weighted by Crippen LogP contribution is -2.32. The van der Waals surface area contributed by atoms with E-state index in [0.717, 1.165) is 32.5 Å². The molecule has 3 nitrogen and oxygen atoms in total. The molecule has 2 N–H and O–H groups in total. The van der Waals surface area contributed by atoms with Crippen molar-refractivity contribution in [3.8, 4) is 0 Å². The van der Waals surface area contributed by atoms with E-state index in [9.17, 15) is 5.11 Å². The van der Waals surface area contributed by atoms with Gasteiger partial charge in [-0.15, -0.1) is 0 Å². The highest BCUT2D eigenvalue weighted by Crippen LogP contribution is 2.22. The minimum Gasteiger partial charge on any atom is -0.390 e. The van der Waals surface area contributed by atoms with Crippen molar-refractivity contribution >= 4 is 0 Å². The third-order valence-electron chi connectivity index (χ3n) is 3.07. The molecule has 1 rings (SSSR count). The SMILES string of the molecule is CCC1OCCC1CNCCC(C)(C)O. The van der Waals surface area contributed by atoms with Gasteiger partial charge in [0.05, 0.1) is 11.7 Å². The zero-order valence-electron chi connectivity index (χ0n) is 10.3. The molecule has 0 radical (unpaired) electrons. The first-order valence-corrected chi connectivity index (χ1v) is 6.07. The molecule has 0 spiro atoms. The Morgan fingerprint density at radius 3 is 2.80 bits per heavy atom. The van der Waals surface area contributed by atoms with Crippen LogP contribution in [0.4, 0.5) is 0 Å². The van der Waals surface area contributed by atoms with Crippen LogP contribution < -0.4 is 5.32 Å². The van der Waals surface area contributed by atoms with Gasteiger partial charge in [-0.05, 0) is 45.6 Å². The molecule has 0 saturated carbocycles. The van der Waals surface area contributed by atoms with Gasteiger partial charge in [0.15, 0.2) is 0 Å². The van der Waals surface area contributed by atoms with Crippen LogP contribution in [0.25, 0.3) is 0 Å². The van der Waals surface area contributed by atoms with E-state index in [-0.39, 0.29) is 0 Å². The fourth-order valence-corrected chi connectivity index (χ4v) is 2.06. The van der Waals surface area contributed by atoms with E-state index < -0.39 is 5.60 Å². The van der Waals surface area contributed by atoms with Gasteiger partial charge >= 0.3 is 0 Å². The van der Waals surface area contributed by atoms with Gasteiger partial charge in [0.2, 0.25) is 0 Å². The molecule has 0 aliphatic carbocycles. The first kappa shape index (κ1) is 12.9. The molecular formula is C12H25NO2. The van der Waals surface area contributed by atoms with E-state index in [1.165, 1.54) is 6.42 Å². The maximum Gasteiger partial charge on any atom is 0.0613 e. The van der Waals surface area contributed by atoms with E-state index in [4.69, 9.17) is 4.74 Å². The monoisotopic (exact) mass is 215 g/mol. The average molecular weight is 215 g/mol. The van der Waals surface area contributed by atoms with Crippen molar-refractivity contribution in [1.29, 1.82) is 0 Å². The van der Waals surface area contributed by atoms with Crippen molar-refractivity contribution < 1.29 is 9.84 Å². The van der Waals surface area contributed by atoms with Gasteiger partial charge in [-0.25, -0.2) is 0 Å². The van der Waals surface area contributed by atoms with E-state index in [1.807, 2.05) is 13.8 Å². The Kier molecular flexibility index (Phi) is 5.03. The van der Waals surface area contributed by atoms with E-state index in [0.29, 0.717) is 12.0 Å². The summed E-state index contributed by atoms with van der Waals surface area (Å²) in [4.78, 5) is 0. The second kappa shape index (κ2) is 5.83. The molecule has 2 atom stereocenters. The van der Waals surface area contributed by atoms with Gasteiger partial charge in [-0.3, -0.25) is 0 Å². The van der Waals surface area contributed by atoms with Crippen LogP contribution >= 0.6 is 0 Å². The summed E-state index contributed by atoms with van der Waals surface area (Å²) in [7, 11) is 0. The van der Waals surface area contributed by atoms with Gasteiger partial charge < -0.3 is 15.2 Å². The minimum atomic E-state index is -0.552. The number of ether oxygens (including phenoxy) is 1. The van der Waals surface area contributed by atoms with Crippen LogP contribution in [-0.2, 0) is 4.74 Å². The average Bonchev–Trinajstić information content (AvgIpc) is 2.58. The molecule has 1 aliphatic heterocycles. The van der Waals surface area contributed by atoms with E-state index >= 15 is 0 Å². The largest absolute Gasteiger partial charge is 0.390 e. The molecular weight excluding hydrogens is 190 g/mol. The lowest BCUT2D eigenvalue weighted by Gasteiger charge is -2.20. The van der Waals surface area contributed by atoms with Crippen LogP contribution in [0, 0.1) is 5.92 Å². The quantitative estimate of drug-likeness (QED) is 0.661. The Bertz CT molecular complexity index is 177. The summed E-state index contributed by atoms with van der Waals surface area (Å²) in [6, 6.07) is 0. The van der Waals surface area contributed by atoms with Gasteiger partial charge in [-0.1, -0.05) is 6.92 Å². The number of rotatable bonds is 6. The highest BCUT2D eigenvalue weighted by molar-refractivity contribution is 4.77. The third kappa shape index (κ3) is 4.96. The molecule has 1 fully saturated rings. The van der Waals surface area contributed by atoms with Gasteiger partial charge in [-0.2, -0.15) is 0 Å². The number of hydrogen-bond acceptors (Lipinski definition) is 3. The maximum absolute atomic E-state index is 9.54. The first-order valence-electron chi connectivity index (χ1n) is 6.07. The van der Waals surface area contributed by atoms with Gasteiger partial charge in [0.25, 0.3) is 0 Å². The molecule has 1 aliphatic rings. The maximum atomic E-state index is 9.54. The van der Waals surface area contributed by atoms with Crippen molar-refractivity contribution in [3.63, 3.8) is 0 Å². The Morgan fingerprint density at radius 1 is 1.47 bits per heavy atom. The van der Waals surface area contributed by atoms with Crippen LogP contribution in [-0.4, -0.2) is 36.5 Å². The van der Waals surface area contributed by atoms with Crippen LogP contribution in [0.5, 0.6) is 0 Å². The van der Waals surface area contributed by atoms with Gasteiger partial charge in [0, 0.05) is 13.2 Å². The van der Waals surface area contributed by atoms with Gasteiger partial charge in [0.1, 0.15) is 0 Å². The third-order valence-corrected chi connectivity index (χ3v) is 3.07. The summed E-state index contributed by atoms with van der Waals surface area (Å²) in [5.74, 6) is 0.664. The molecule has 0 amide bonds. The lowest BCUT2D eigenvalue weighted by molar-refractivity contribution is 0.0690. The zero-order valence-corrected chi connectivity index (χ0v) is 10.3. The van der Waals surface area contributed by atoms with Crippen molar-refractivity contribution in [3.05, 3.63) is 0 Å². The summed E-state index contributed by atoms with van der Waals surface area (Å²) in [6.07, 6.45) is 3.53. The van der Waals surface area contributed by atoms with Crippen LogP contribution in [0.3, 0.4) is 0 Å². The van der Waals surface area contributed by atoms with Crippen molar-refractivity contribution in [2.24, 2.45) is 5.92 Å². The predicted molar refractivity (Wildman–Crippen MR) is 61.9 cm³/mol. The first-order chi connectivity index (χ1) is 7.03. The zero-order chi connectivity index (χ0) is 11.3. The Balaban J connectivity index is 2.09. The number of aliphatic hydroxyl groups is 1. The Labute approximate surface area is 93.2 Å². The summed E-state index contributed by atoms with van der Waals surface area (Å²) < 4.78 is 5.62. The molecule has 1 saturated heterocycles. The highest BCUT2D eigenvalue weighted by atomic mass is 16.5. The van der Waals surface area contributed by atoms with Crippen LogP contribution in [0.15, 0.2) is 0 Å². The standard InChI is InChI=1S/C12H25NO2/c1-4-11-10(5-8-15-11)9-13-7-6-12(2,3)14/h10-11,13-14H,4-9H2,1-3H3. The minimum absolute atomic E-state index is 0.444. The Hall–Kier alpha value is -0.120. The molecule has 15 heavy (non-hydrogen) atoms. The number of nitrogens with one attached hydrogen (secondary N) is 1. The number of hydrogen-bond donors (Lipinski definition) is 2.